The van der Waals surface area contributed by atoms with Crippen LogP contribution in [0.5, 0.6) is 5.75 Å². The second-order valence-electron chi connectivity index (χ2n) is 2.25. The number of aromatic hydroxyl groups is 1. The smallest absolute Gasteiger partial charge is 0.421 e. The number of rotatable bonds is 0. The molecule has 0 aromatic heterocycles. The van der Waals surface area contributed by atoms with Crippen LogP contribution in [0.25, 0.3) is 0 Å². The molecule has 0 spiro atoms. The van der Waals surface area contributed by atoms with Crippen LogP contribution in [-0.4, -0.2) is 5.11 Å². The van der Waals surface area contributed by atoms with Crippen molar-refractivity contribution in [1.82, 2.24) is 0 Å². The molecule has 72 valence electrons. The predicted octanol–water partition coefficient (Wildman–Crippen LogP) is 3.31. The molecule has 1 nitrogen and oxygen atoms in total. The highest BCUT2D eigenvalue weighted by atomic mass is 79.9. The van der Waals surface area contributed by atoms with Crippen molar-refractivity contribution in [3.05, 3.63) is 28.0 Å². The van der Waals surface area contributed by atoms with Gasteiger partial charge in [0.15, 0.2) is 0 Å². The summed E-state index contributed by atoms with van der Waals surface area (Å²) in [4.78, 5) is 0. The Bertz CT molecular complexity index is 334. The molecule has 0 amide bonds. The first-order chi connectivity index (χ1) is 5.84. The quantitative estimate of drug-likeness (QED) is 0.708. The highest BCUT2D eigenvalue weighted by Crippen LogP contribution is 2.41. The summed E-state index contributed by atoms with van der Waals surface area (Å²) in [5, 5.41) is 8.83. The predicted molar refractivity (Wildman–Crippen MR) is 40.8 cm³/mol. The monoisotopic (exact) mass is 258 g/mol. The molecule has 0 aliphatic heterocycles. The van der Waals surface area contributed by atoms with Crippen molar-refractivity contribution in [3.8, 4) is 5.75 Å². The van der Waals surface area contributed by atoms with Crippen molar-refractivity contribution in [2.75, 3.05) is 0 Å². The van der Waals surface area contributed by atoms with Crippen LogP contribution in [0.4, 0.5) is 17.6 Å². The van der Waals surface area contributed by atoms with E-state index in [4.69, 9.17) is 5.11 Å². The summed E-state index contributed by atoms with van der Waals surface area (Å²) in [5.41, 5.74) is -1.40. The maximum absolute atomic E-state index is 12.6. The molecule has 0 fully saturated rings. The highest BCUT2D eigenvalue weighted by Gasteiger charge is 2.37. The van der Waals surface area contributed by atoms with E-state index in [0.717, 1.165) is 6.07 Å². The van der Waals surface area contributed by atoms with Crippen LogP contribution in [0.15, 0.2) is 16.6 Å². The zero-order valence-corrected chi connectivity index (χ0v) is 7.58. The van der Waals surface area contributed by atoms with Crippen molar-refractivity contribution in [3.63, 3.8) is 0 Å². The molecule has 0 aliphatic carbocycles. The molecule has 0 radical (unpaired) electrons. The third-order valence-electron chi connectivity index (χ3n) is 1.36. The van der Waals surface area contributed by atoms with Crippen molar-refractivity contribution in [1.29, 1.82) is 0 Å². The molecule has 0 unspecified atom stereocenters. The lowest BCUT2D eigenvalue weighted by molar-refractivity contribution is -0.139. The van der Waals surface area contributed by atoms with Crippen LogP contribution in [-0.2, 0) is 6.18 Å². The van der Waals surface area contributed by atoms with Crippen LogP contribution in [0.1, 0.15) is 5.56 Å². The summed E-state index contributed by atoms with van der Waals surface area (Å²) in [6.07, 6.45) is -4.77. The Morgan fingerprint density at radius 3 is 2.15 bits per heavy atom. The first kappa shape index (κ1) is 10.3. The van der Waals surface area contributed by atoms with E-state index >= 15 is 0 Å². The third kappa shape index (κ3) is 1.93. The Morgan fingerprint density at radius 1 is 1.23 bits per heavy atom. The van der Waals surface area contributed by atoms with Crippen LogP contribution in [0.3, 0.4) is 0 Å². The molecule has 0 saturated carbocycles. The fourth-order valence-electron chi connectivity index (χ4n) is 0.810. The van der Waals surface area contributed by atoms with E-state index in [1.165, 1.54) is 0 Å². The molecule has 13 heavy (non-hydrogen) atoms. The summed E-state index contributed by atoms with van der Waals surface area (Å²) < 4.78 is 48.3. The number of hydrogen-bond acceptors (Lipinski definition) is 1. The number of halogens is 5. The lowest BCUT2D eigenvalue weighted by atomic mass is 10.2. The van der Waals surface area contributed by atoms with Gasteiger partial charge in [0.25, 0.3) is 0 Å². The van der Waals surface area contributed by atoms with Crippen LogP contribution in [0.2, 0.25) is 0 Å². The Kier molecular flexibility index (Phi) is 2.51. The van der Waals surface area contributed by atoms with E-state index in [9.17, 15) is 17.6 Å². The Morgan fingerprint density at radius 2 is 1.77 bits per heavy atom. The number of phenolic OH excluding ortho intramolecular Hbond substituents is 1. The van der Waals surface area contributed by atoms with Crippen molar-refractivity contribution >= 4 is 15.9 Å². The standard InChI is InChI=1S/C7H3BrF4O/c8-6-3(9)1-2-4(13)5(6)7(10,11)12/h1-2,13H. The maximum Gasteiger partial charge on any atom is 0.421 e. The SMILES string of the molecule is Oc1ccc(F)c(Br)c1C(F)(F)F. The van der Waals surface area contributed by atoms with Gasteiger partial charge >= 0.3 is 6.18 Å². The molecular weight excluding hydrogens is 256 g/mol. The van der Waals surface area contributed by atoms with Gasteiger partial charge in [-0.3, -0.25) is 0 Å². The Labute approximate surface area is 79.1 Å². The van der Waals surface area contributed by atoms with Crippen molar-refractivity contribution in [2.45, 2.75) is 6.18 Å². The largest absolute Gasteiger partial charge is 0.507 e. The number of phenols is 1. The molecule has 0 aliphatic rings. The van der Waals surface area contributed by atoms with Gasteiger partial charge in [0.05, 0.1) is 4.47 Å². The summed E-state index contributed by atoms with van der Waals surface area (Å²) in [6, 6.07) is 1.40. The van der Waals surface area contributed by atoms with E-state index in [1.54, 1.807) is 0 Å². The molecule has 1 N–H and O–H groups in total. The van der Waals surface area contributed by atoms with E-state index in [-0.39, 0.29) is 0 Å². The molecule has 6 heteroatoms. The average Bonchev–Trinajstić information content (AvgIpc) is 1.95. The molecule has 1 aromatic carbocycles. The van der Waals surface area contributed by atoms with Gasteiger partial charge < -0.3 is 5.11 Å². The summed E-state index contributed by atoms with van der Waals surface area (Å²) in [6.45, 7) is 0. The van der Waals surface area contributed by atoms with Gasteiger partial charge in [0, 0.05) is 0 Å². The molecule has 0 atom stereocenters. The first-order valence-electron chi connectivity index (χ1n) is 3.08. The van der Waals surface area contributed by atoms with Gasteiger partial charge in [-0.15, -0.1) is 0 Å². The molecular formula is C7H3BrF4O. The summed E-state index contributed by atoms with van der Waals surface area (Å²) in [5.74, 6) is -2.06. The molecule has 0 heterocycles. The molecule has 0 bridgehead atoms. The molecule has 1 rings (SSSR count). The normalized spacial score (nSPS) is 11.8. The fraction of sp³-hybridized carbons (Fsp3) is 0.143. The number of benzene rings is 1. The van der Waals surface area contributed by atoms with Gasteiger partial charge in [-0.2, -0.15) is 13.2 Å². The van der Waals surface area contributed by atoms with Crippen molar-refractivity contribution < 1.29 is 22.7 Å². The van der Waals surface area contributed by atoms with Gasteiger partial charge in [-0.1, -0.05) is 0 Å². The second-order valence-corrected chi connectivity index (χ2v) is 3.05. The Balaban J connectivity index is 3.43. The van der Waals surface area contributed by atoms with Crippen LogP contribution < -0.4 is 0 Å². The topological polar surface area (TPSA) is 20.2 Å². The van der Waals surface area contributed by atoms with Crippen molar-refractivity contribution in [2.24, 2.45) is 0 Å². The minimum atomic E-state index is -4.77. The van der Waals surface area contributed by atoms with Gasteiger partial charge in [0.2, 0.25) is 0 Å². The first-order valence-corrected chi connectivity index (χ1v) is 3.87. The maximum atomic E-state index is 12.6. The van der Waals surface area contributed by atoms with E-state index in [2.05, 4.69) is 15.9 Å². The molecule has 1 aromatic rings. The average molecular weight is 259 g/mol. The zero-order valence-electron chi connectivity index (χ0n) is 5.99. The number of alkyl halides is 3. The summed E-state index contributed by atoms with van der Waals surface area (Å²) >= 11 is 2.41. The van der Waals surface area contributed by atoms with E-state index in [1.807, 2.05) is 0 Å². The minimum Gasteiger partial charge on any atom is -0.507 e. The highest BCUT2D eigenvalue weighted by molar-refractivity contribution is 9.10. The second kappa shape index (κ2) is 3.17. The lowest BCUT2D eigenvalue weighted by Gasteiger charge is -2.10. The summed E-state index contributed by atoms with van der Waals surface area (Å²) in [7, 11) is 0. The van der Waals surface area contributed by atoms with Gasteiger partial charge in [-0.25, -0.2) is 4.39 Å². The van der Waals surface area contributed by atoms with E-state index < -0.39 is 27.8 Å². The Hall–Kier alpha value is -0.780. The van der Waals surface area contributed by atoms with Crippen LogP contribution in [0, 0.1) is 5.82 Å². The third-order valence-corrected chi connectivity index (χ3v) is 2.13. The van der Waals surface area contributed by atoms with E-state index in [0.29, 0.717) is 6.07 Å². The molecule has 0 saturated heterocycles. The lowest BCUT2D eigenvalue weighted by Crippen LogP contribution is -2.07. The number of hydrogen-bond donors (Lipinski definition) is 1. The fourth-order valence-corrected chi connectivity index (χ4v) is 1.37. The van der Waals surface area contributed by atoms with Gasteiger partial charge in [0.1, 0.15) is 17.1 Å². The van der Waals surface area contributed by atoms with Crippen LogP contribution >= 0.6 is 15.9 Å². The minimum absolute atomic E-state index is 0.656. The van der Waals surface area contributed by atoms with Gasteiger partial charge in [-0.05, 0) is 28.1 Å². The zero-order chi connectivity index (χ0) is 10.2.